The van der Waals surface area contributed by atoms with Crippen LogP contribution in [0.3, 0.4) is 0 Å². The first-order chi connectivity index (χ1) is 39.5. The van der Waals surface area contributed by atoms with Crippen molar-refractivity contribution in [2.24, 2.45) is 0 Å². The standard InChI is InChI=1S/C74H130O6/c1-4-7-10-13-16-19-22-25-28-30-32-34-36-38-39-41-43-46-49-52-55-58-61-64-67-73(76)79-70-71(69-78-72(75)66-63-60-57-54-51-48-45-27-24-21-18-15-12-9-6-3)80-74(77)68-65-62-59-56-53-50-47-44-42-40-37-35-33-31-29-26-23-20-17-14-11-8-5-2/h8,11,17-18,20-21,26-27,29,33,35,40,42,45,71H,4-7,9-10,12-16,19,22-25,28,30-32,34,36-39,41,43-44,46-70H2,1-3H3/b11-8-,20-17-,21-18-,29-26-,35-33-,42-40-,45-27-. The number of carbonyl (C=O) groups is 3. The Morgan fingerprint density at radius 3 is 0.787 bits per heavy atom. The molecule has 0 fully saturated rings. The van der Waals surface area contributed by atoms with E-state index in [-0.39, 0.29) is 31.1 Å². The average molecular weight is 1120 g/mol. The van der Waals surface area contributed by atoms with Crippen LogP contribution in [0, 0.1) is 0 Å². The van der Waals surface area contributed by atoms with Crippen LogP contribution in [0.5, 0.6) is 0 Å². The van der Waals surface area contributed by atoms with E-state index in [9.17, 15) is 14.4 Å². The number of hydrogen-bond donors (Lipinski definition) is 0. The number of hydrogen-bond acceptors (Lipinski definition) is 6. The van der Waals surface area contributed by atoms with Crippen LogP contribution >= 0.6 is 0 Å². The van der Waals surface area contributed by atoms with Gasteiger partial charge < -0.3 is 14.2 Å². The molecule has 0 amide bonds. The molecule has 0 heterocycles. The van der Waals surface area contributed by atoms with Gasteiger partial charge in [-0.25, -0.2) is 0 Å². The average Bonchev–Trinajstić information content (AvgIpc) is 3.46. The van der Waals surface area contributed by atoms with Gasteiger partial charge in [-0.3, -0.25) is 14.4 Å². The first-order valence-electron chi connectivity index (χ1n) is 34.6. The predicted octanol–water partition coefficient (Wildman–Crippen LogP) is 23.8. The van der Waals surface area contributed by atoms with Crippen molar-refractivity contribution in [3.8, 4) is 0 Å². The van der Waals surface area contributed by atoms with Crippen LogP contribution in [0.25, 0.3) is 0 Å². The number of esters is 3. The highest BCUT2D eigenvalue weighted by molar-refractivity contribution is 5.71. The van der Waals surface area contributed by atoms with E-state index in [4.69, 9.17) is 14.2 Å². The van der Waals surface area contributed by atoms with E-state index in [1.165, 1.54) is 193 Å². The van der Waals surface area contributed by atoms with Crippen LogP contribution in [-0.2, 0) is 28.6 Å². The SMILES string of the molecule is CC/C=C\C/C=C\C/C=C\C/C=C\C/C=C\CCCCCCCCCC(=O)OC(COC(=O)CCCCCCC/C=C\C/C=C\CCCCC)COC(=O)CCCCCCCCCCCCCCCCCCCCCCCCCC. The zero-order valence-electron chi connectivity index (χ0n) is 53.1. The summed E-state index contributed by atoms with van der Waals surface area (Å²) >= 11 is 0. The van der Waals surface area contributed by atoms with Crippen LogP contribution < -0.4 is 0 Å². The summed E-state index contributed by atoms with van der Waals surface area (Å²) in [5.74, 6) is -0.891. The number of allylic oxidation sites excluding steroid dienone is 14. The quantitative estimate of drug-likeness (QED) is 0.0261. The van der Waals surface area contributed by atoms with Gasteiger partial charge in [-0.2, -0.15) is 0 Å². The van der Waals surface area contributed by atoms with Gasteiger partial charge in [0.15, 0.2) is 6.10 Å². The maximum Gasteiger partial charge on any atom is 0.306 e. The summed E-state index contributed by atoms with van der Waals surface area (Å²) in [5.41, 5.74) is 0. The molecule has 0 aromatic rings. The molecule has 0 aliphatic heterocycles. The second-order valence-electron chi connectivity index (χ2n) is 23.1. The Morgan fingerprint density at radius 1 is 0.263 bits per heavy atom. The topological polar surface area (TPSA) is 78.9 Å². The Labute approximate surface area is 496 Å². The first kappa shape index (κ1) is 76.6. The Kier molecular flexibility index (Phi) is 65.2. The van der Waals surface area contributed by atoms with E-state index in [0.717, 1.165) is 116 Å². The fraction of sp³-hybridized carbons (Fsp3) is 0.770. The third-order valence-electron chi connectivity index (χ3n) is 15.1. The predicted molar refractivity (Wildman–Crippen MR) is 348 cm³/mol. The third kappa shape index (κ3) is 65.4. The lowest BCUT2D eigenvalue weighted by atomic mass is 10.0. The van der Waals surface area contributed by atoms with Gasteiger partial charge in [-0.05, 0) is 96.3 Å². The molecule has 6 nitrogen and oxygen atoms in total. The maximum atomic E-state index is 13.0. The molecule has 6 heteroatoms. The van der Waals surface area contributed by atoms with E-state index in [0.29, 0.717) is 19.3 Å². The summed E-state index contributed by atoms with van der Waals surface area (Å²) in [6.45, 7) is 6.53. The normalized spacial score (nSPS) is 12.6. The zero-order chi connectivity index (χ0) is 57.8. The Balaban J connectivity index is 4.34. The van der Waals surface area contributed by atoms with Crippen LogP contribution in [0.1, 0.15) is 348 Å². The van der Waals surface area contributed by atoms with Gasteiger partial charge in [0.05, 0.1) is 0 Å². The highest BCUT2D eigenvalue weighted by Crippen LogP contribution is 2.18. The lowest BCUT2D eigenvalue weighted by Gasteiger charge is -2.18. The second-order valence-corrected chi connectivity index (χ2v) is 23.1. The van der Waals surface area contributed by atoms with E-state index in [1.54, 1.807) is 0 Å². The van der Waals surface area contributed by atoms with Crippen molar-refractivity contribution >= 4 is 17.9 Å². The number of rotatable bonds is 63. The fourth-order valence-electron chi connectivity index (χ4n) is 9.97. The van der Waals surface area contributed by atoms with Crippen molar-refractivity contribution in [2.75, 3.05) is 13.2 Å². The van der Waals surface area contributed by atoms with Gasteiger partial charge in [0, 0.05) is 19.3 Å². The van der Waals surface area contributed by atoms with Crippen molar-refractivity contribution in [1.82, 2.24) is 0 Å². The summed E-state index contributed by atoms with van der Waals surface area (Å²) in [6, 6.07) is 0. The molecule has 0 aliphatic carbocycles. The van der Waals surface area contributed by atoms with Crippen LogP contribution in [0.4, 0.5) is 0 Å². The van der Waals surface area contributed by atoms with Gasteiger partial charge in [-0.15, -0.1) is 0 Å². The first-order valence-corrected chi connectivity index (χ1v) is 34.6. The van der Waals surface area contributed by atoms with Crippen molar-refractivity contribution in [3.63, 3.8) is 0 Å². The molecule has 0 aromatic carbocycles. The molecule has 0 radical (unpaired) electrons. The molecule has 462 valence electrons. The molecule has 1 unspecified atom stereocenters. The van der Waals surface area contributed by atoms with Gasteiger partial charge in [0.1, 0.15) is 13.2 Å². The molecule has 0 aliphatic rings. The molecular weight excluding hydrogens is 985 g/mol. The van der Waals surface area contributed by atoms with E-state index >= 15 is 0 Å². The zero-order valence-corrected chi connectivity index (χ0v) is 53.1. The lowest BCUT2D eigenvalue weighted by molar-refractivity contribution is -0.167. The minimum Gasteiger partial charge on any atom is -0.462 e. The van der Waals surface area contributed by atoms with Crippen LogP contribution in [0.15, 0.2) is 85.1 Å². The molecule has 0 saturated heterocycles. The molecule has 0 aromatic heterocycles. The van der Waals surface area contributed by atoms with Crippen molar-refractivity contribution in [2.45, 2.75) is 354 Å². The molecule has 0 N–H and O–H groups in total. The summed E-state index contributed by atoms with van der Waals surface area (Å²) in [6.07, 6.45) is 90.3. The van der Waals surface area contributed by atoms with E-state index < -0.39 is 6.10 Å². The monoisotopic (exact) mass is 1110 g/mol. The van der Waals surface area contributed by atoms with Gasteiger partial charge >= 0.3 is 17.9 Å². The van der Waals surface area contributed by atoms with Crippen molar-refractivity contribution < 1.29 is 28.6 Å². The molecular formula is C74H130O6. The molecule has 1 atom stereocenters. The van der Waals surface area contributed by atoms with Gasteiger partial charge in [0.2, 0.25) is 0 Å². The summed E-state index contributed by atoms with van der Waals surface area (Å²) in [7, 11) is 0. The lowest BCUT2D eigenvalue weighted by Crippen LogP contribution is -2.30. The fourth-order valence-corrected chi connectivity index (χ4v) is 9.97. The number of unbranched alkanes of at least 4 members (excludes halogenated alkanes) is 38. The molecule has 0 saturated carbocycles. The van der Waals surface area contributed by atoms with Gasteiger partial charge in [0.25, 0.3) is 0 Å². The molecule has 0 bridgehead atoms. The van der Waals surface area contributed by atoms with E-state index in [1.807, 2.05) is 0 Å². The third-order valence-corrected chi connectivity index (χ3v) is 15.1. The Hall–Kier alpha value is -3.41. The Bertz CT molecular complexity index is 1520. The summed E-state index contributed by atoms with van der Waals surface area (Å²) < 4.78 is 17.0. The van der Waals surface area contributed by atoms with E-state index in [2.05, 4.69) is 106 Å². The second kappa shape index (κ2) is 68.1. The smallest absolute Gasteiger partial charge is 0.306 e. The van der Waals surface area contributed by atoms with Crippen LogP contribution in [-0.4, -0.2) is 37.2 Å². The highest BCUT2D eigenvalue weighted by Gasteiger charge is 2.19. The van der Waals surface area contributed by atoms with Crippen LogP contribution in [0.2, 0.25) is 0 Å². The number of carbonyl (C=O) groups excluding carboxylic acids is 3. The maximum absolute atomic E-state index is 13.0. The van der Waals surface area contributed by atoms with Crippen molar-refractivity contribution in [3.05, 3.63) is 85.1 Å². The minimum atomic E-state index is -0.790. The number of ether oxygens (including phenoxy) is 3. The highest BCUT2D eigenvalue weighted by atomic mass is 16.6. The molecule has 80 heavy (non-hydrogen) atoms. The summed E-state index contributed by atoms with van der Waals surface area (Å²) in [4.78, 5) is 38.4. The Morgan fingerprint density at radius 2 is 0.487 bits per heavy atom. The largest absolute Gasteiger partial charge is 0.462 e. The minimum absolute atomic E-state index is 0.0828. The molecule has 0 rings (SSSR count). The molecule has 0 spiro atoms. The van der Waals surface area contributed by atoms with Crippen molar-refractivity contribution in [1.29, 1.82) is 0 Å². The van der Waals surface area contributed by atoms with Gasteiger partial charge in [-0.1, -0.05) is 318 Å². The summed E-state index contributed by atoms with van der Waals surface area (Å²) in [5, 5.41) is 0.